The highest BCUT2D eigenvalue weighted by atomic mass is 15.2. The predicted octanol–water partition coefficient (Wildman–Crippen LogP) is 2.70. The molecular formula is C18H20N2. The van der Waals surface area contributed by atoms with Gasteiger partial charge in [0.05, 0.1) is 0 Å². The number of nitrogens with one attached hydrogen (secondary N) is 1. The van der Waals surface area contributed by atoms with Crippen LogP contribution in [0, 0.1) is 0 Å². The molecule has 0 atom stereocenters. The SMILES string of the molecule is c1ccc2c(c1)-c1ccccc1C2CN1CCNCC1. The maximum Gasteiger partial charge on any atom is 0.0229 e. The van der Waals surface area contributed by atoms with Crippen LogP contribution in [0.5, 0.6) is 0 Å². The summed E-state index contributed by atoms with van der Waals surface area (Å²) in [5.74, 6) is 0.542. The van der Waals surface area contributed by atoms with E-state index in [1.54, 1.807) is 0 Å². The van der Waals surface area contributed by atoms with Crippen LogP contribution in [0.2, 0.25) is 0 Å². The molecule has 1 fully saturated rings. The van der Waals surface area contributed by atoms with Gasteiger partial charge in [-0.05, 0) is 22.3 Å². The summed E-state index contributed by atoms with van der Waals surface area (Å²) in [5.41, 5.74) is 5.88. The summed E-state index contributed by atoms with van der Waals surface area (Å²) < 4.78 is 0. The molecular weight excluding hydrogens is 244 g/mol. The van der Waals surface area contributed by atoms with E-state index in [1.165, 1.54) is 35.3 Å². The second kappa shape index (κ2) is 5.04. The summed E-state index contributed by atoms with van der Waals surface area (Å²) >= 11 is 0. The van der Waals surface area contributed by atoms with Gasteiger partial charge in [-0.2, -0.15) is 0 Å². The van der Waals surface area contributed by atoms with E-state index in [4.69, 9.17) is 0 Å². The Morgan fingerprint density at radius 3 is 2.00 bits per heavy atom. The van der Waals surface area contributed by atoms with Gasteiger partial charge in [0.1, 0.15) is 0 Å². The molecule has 2 aromatic carbocycles. The van der Waals surface area contributed by atoms with Gasteiger partial charge in [-0.1, -0.05) is 48.5 Å². The first-order chi connectivity index (χ1) is 9.93. The van der Waals surface area contributed by atoms with Gasteiger partial charge >= 0.3 is 0 Å². The Labute approximate surface area is 120 Å². The van der Waals surface area contributed by atoms with Crippen LogP contribution in [-0.4, -0.2) is 37.6 Å². The predicted molar refractivity (Wildman–Crippen MR) is 83.0 cm³/mol. The Hall–Kier alpha value is -1.64. The van der Waals surface area contributed by atoms with Crippen molar-refractivity contribution in [2.75, 3.05) is 32.7 Å². The molecule has 0 spiro atoms. The summed E-state index contributed by atoms with van der Waals surface area (Å²) in [6.07, 6.45) is 0. The maximum atomic E-state index is 3.44. The molecule has 1 aliphatic carbocycles. The zero-order valence-electron chi connectivity index (χ0n) is 11.7. The lowest BCUT2D eigenvalue weighted by molar-refractivity contribution is 0.235. The molecule has 2 heteroatoms. The average Bonchev–Trinajstić information content (AvgIpc) is 2.84. The van der Waals surface area contributed by atoms with E-state index in [2.05, 4.69) is 58.7 Å². The van der Waals surface area contributed by atoms with Crippen molar-refractivity contribution in [2.45, 2.75) is 5.92 Å². The largest absolute Gasteiger partial charge is 0.314 e. The normalized spacial score (nSPS) is 18.8. The fourth-order valence-corrected chi connectivity index (χ4v) is 3.61. The van der Waals surface area contributed by atoms with Crippen molar-refractivity contribution in [3.8, 4) is 11.1 Å². The number of fused-ring (bicyclic) bond motifs is 3. The summed E-state index contributed by atoms with van der Waals surface area (Å²) in [5, 5.41) is 3.44. The molecule has 0 radical (unpaired) electrons. The monoisotopic (exact) mass is 264 g/mol. The van der Waals surface area contributed by atoms with Crippen molar-refractivity contribution in [3.63, 3.8) is 0 Å². The first kappa shape index (κ1) is 12.1. The van der Waals surface area contributed by atoms with E-state index in [1.807, 2.05) is 0 Å². The second-order valence-electron chi connectivity index (χ2n) is 5.78. The number of nitrogens with zero attached hydrogens (tertiary/aromatic N) is 1. The fourth-order valence-electron chi connectivity index (χ4n) is 3.61. The molecule has 2 aliphatic rings. The standard InChI is InChI=1S/C18H20N2/c1-3-7-16-14(5-1)15-6-2-4-8-17(15)18(16)13-20-11-9-19-10-12-20/h1-8,18-19H,9-13H2. The molecule has 102 valence electrons. The molecule has 1 N–H and O–H groups in total. The maximum absolute atomic E-state index is 3.44. The van der Waals surface area contributed by atoms with Crippen molar-refractivity contribution >= 4 is 0 Å². The number of hydrogen-bond donors (Lipinski definition) is 1. The van der Waals surface area contributed by atoms with Gasteiger partial charge in [0.2, 0.25) is 0 Å². The number of benzene rings is 2. The van der Waals surface area contributed by atoms with E-state index in [0.29, 0.717) is 5.92 Å². The zero-order chi connectivity index (χ0) is 13.4. The summed E-state index contributed by atoms with van der Waals surface area (Å²) in [7, 11) is 0. The van der Waals surface area contributed by atoms with Gasteiger partial charge in [0, 0.05) is 38.6 Å². The topological polar surface area (TPSA) is 15.3 Å². The lowest BCUT2D eigenvalue weighted by Crippen LogP contribution is -2.44. The van der Waals surface area contributed by atoms with E-state index in [0.717, 1.165) is 19.6 Å². The molecule has 0 amide bonds. The minimum absolute atomic E-state index is 0.542. The van der Waals surface area contributed by atoms with E-state index >= 15 is 0 Å². The van der Waals surface area contributed by atoms with Gasteiger partial charge in [0.15, 0.2) is 0 Å². The third-order valence-electron chi connectivity index (χ3n) is 4.61. The van der Waals surface area contributed by atoms with Crippen LogP contribution < -0.4 is 5.32 Å². The Morgan fingerprint density at radius 2 is 1.40 bits per heavy atom. The van der Waals surface area contributed by atoms with Crippen LogP contribution >= 0.6 is 0 Å². The Balaban J connectivity index is 1.71. The van der Waals surface area contributed by atoms with Crippen molar-refractivity contribution < 1.29 is 0 Å². The summed E-state index contributed by atoms with van der Waals surface area (Å²) in [6, 6.07) is 17.8. The van der Waals surface area contributed by atoms with Gasteiger partial charge in [-0.3, -0.25) is 4.90 Å². The molecule has 2 aromatic rings. The minimum Gasteiger partial charge on any atom is -0.314 e. The van der Waals surface area contributed by atoms with Crippen molar-refractivity contribution in [2.24, 2.45) is 0 Å². The first-order valence-electron chi connectivity index (χ1n) is 7.55. The summed E-state index contributed by atoms with van der Waals surface area (Å²) in [4.78, 5) is 2.60. The van der Waals surface area contributed by atoms with E-state index in [9.17, 15) is 0 Å². The third-order valence-corrected chi connectivity index (χ3v) is 4.61. The Morgan fingerprint density at radius 1 is 0.850 bits per heavy atom. The van der Waals surface area contributed by atoms with Crippen molar-refractivity contribution in [1.82, 2.24) is 10.2 Å². The highest BCUT2D eigenvalue weighted by Gasteiger charge is 2.29. The lowest BCUT2D eigenvalue weighted by Gasteiger charge is -2.30. The molecule has 0 saturated carbocycles. The molecule has 1 saturated heterocycles. The minimum atomic E-state index is 0.542. The Kier molecular flexibility index (Phi) is 3.06. The number of piperazine rings is 1. The molecule has 1 aliphatic heterocycles. The van der Waals surface area contributed by atoms with Gasteiger partial charge in [0.25, 0.3) is 0 Å². The lowest BCUT2D eigenvalue weighted by atomic mass is 9.96. The molecule has 0 unspecified atom stereocenters. The van der Waals surface area contributed by atoms with Crippen LogP contribution in [0.3, 0.4) is 0 Å². The molecule has 1 heterocycles. The molecule has 20 heavy (non-hydrogen) atoms. The van der Waals surface area contributed by atoms with Crippen LogP contribution in [0.1, 0.15) is 17.0 Å². The van der Waals surface area contributed by atoms with E-state index < -0.39 is 0 Å². The van der Waals surface area contributed by atoms with Gasteiger partial charge in [-0.15, -0.1) is 0 Å². The van der Waals surface area contributed by atoms with Crippen LogP contribution in [0.4, 0.5) is 0 Å². The second-order valence-corrected chi connectivity index (χ2v) is 5.78. The van der Waals surface area contributed by atoms with Gasteiger partial charge in [-0.25, -0.2) is 0 Å². The fraction of sp³-hybridized carbons (Fsp3) is 0.333. The highest BCUT2D eigenvalue weighted by molar-refractivity contribution is 5.78. The van der Waals surface area contributed by atoms with E-state index in [-0.39, 0.29) is 0 Å². The summed E-state index contributed by atoms with van der Waals surface area (Å²) in [6.45, 7) is 5.73. The van der Waals surface area contributed by atoms with Crippen LogP contribution in [0.15, 0.2) is 48.5 Å². The smallest absolute Gasteiger partial charge is 0.0229 e. The third kappa shape index (κ3) is 1.96. The quantitative estimate of drug-likeness (QED) is 0.897. The van der Waals surface area contributed by atoms with Crippen molar-refractivity contribution in [3.05, 3.63) is 59.7 Å². The average molecular weight is 264 g/mol. The zero-order valence-corrected chi connectivity index (χ0v) is 11.7. The van der Waals surface area contributed by atoms with Gasteiger partial charge < -0.3 is 5.32 Å². The molecule has 0 aromatic heterocycles. The Bertz CT molecular complexity index is 569. The molecule has 4 rings (SSSR count). The first-order valence-corrected chi connectivity index (χ1v) is 7.55. The van der Waals surface area contributed by atoms with Crippen molar-refractivity contribution in [1.29, 1.82) is 0 Å². The number of rotatable bonds is 2. The van der Waals surface area contributed by atoms with Crippen LogP contribution in [0.25, 0.3) is 11.1 Å². The molecule has 2 nitrogen and oxygen atoms in total. The molecule has 0 bridgehead atoms. The highest BCUT2D eigenvalue weighted by Crippen LogP contribution is 2.44. The van der Waals surface area contributed by atoms with Crippen LogP contribution in [-0.2, 0) is 0 Å². The number of hydrogen-bond acceptors (Lipinski definition) is 2.